The van der Waals surface area contributed by atoms with E-state index in [4.69, 9.17) is 17.4 Å². The summed E-state index contributed by atoms with van der Waals surface area (Å²) in [4.78, 5) is 0. The normalized spacial score (nSPS) is 10.8. The molecule has 112 valence electrons. The van der Waals surface area contributed by atoms with E-state index in [0.29, 0.717) is 27.3 Å². The first-order chi connectivity index (χ1) is 10.6. The largest absolute Gasteiger partial charge is 0.335 e. The van der Waals surface area contributed by atoms with Crippen LogP contribution in [0.5, 0.6) is 0 Å². The van der Waals surface area contributed by atoms with Crippen molar-refractivity contribution in [1.29, 1.82) is 0 Å². The summed E-state index contributed by atoms with van der Waals surface area (Å²) >= 11 is 7.56. The number of aromatic nitrogens is 3. The lowest BCUT2D eigenvalue weighted by Gasteiger charge is -2.05. The SMILES string of the molecule is Nn1c(SCc2ccccc2Cl)nnc1-c1ccc(F)cc1. The minimum absolute atomic E-state index is 0.305. The van der Waals surface area contributed by atoms with Gasteiger partial charge in [-0.25, -0.2) is 9.07 Å². The molecule has 0 saturated carbocycles. The van der Waals surface area contributed by atoms with Gasteiger partial charge >= 0.3 is 0 Å². The van der Waals surface area contributed by atoms with Crippen LogP contribution in [0.2, 0.25) is 5.02 Å². The fourth-order valence-corrected chi connectivity index (χ4v) is 3.07. The van der Waals surface area contributed by atoms with E-state index in [0.717, 1.165) is 5.56 Å². The highest BCUT2D eigenvalue weighted by Crippen LogP contribution is 2.27. The van der Waals surface area contributed by atoms with Crippen molar-refractivity contribution in [3.8, 4) is 11.4 Å². The van der Waals surface area contributed by atoms with Crippen LogP contribution in [-0.4, -0.2) is 14.9 Å². The second-order valence-corrected chi connectivity index (χ2v) is 5.91. The molecule has 2 N–H and O–H groups in total. The van der Waals surface area contributed by atoms with Crippen LogP contribution >= 0.6 is 23.4 Å². The van der Waals surface area contributed by atoms with Gasteiger partial charge in [0, 0.05) is 16.3 Å². The maximum atomic E-state index is 13.0. The van der Waals surface area contributed by atoms with E-state index in [2.05, 4.69) is 10.2 Å². The molecule has 0 unspecified atom stereocenters. The van der Waals surface area contributed by atoms with Crippen molar-refractivity contribution in [1.82, 2.24) is 14.9 Å². The van der Waals surface area contributed by atoms with Crippen molar-refractivity contribution < 1.29 is 4.39 Å². The number of nitrogen functional groups attached to an aromatic ring is 1. The smallest absolute Gasteiger partial charge is 0.210 e. The Kier molecular flexibility index (Phi) is 4.31. The minimum Gasteiger partial charge on any atom is -0.335 e. The number of benzene rings is 2. The Labute approximate surface area is 136 Å². The van der Waals surface area contributed by atoms with Crippen LogP contribution in [0, 0.1) is 5.82 Å². The lowest BCUT2D eigenvalue weighted by molar-refractivity contribution is 0.628. The predicted octanol–water partition coefficient (Wildman–Crippen LogP) is 3.74. The molecule has 1 heterocycles. The molecule has 0 aliphatic heterocycles. The maximum Gasteiger partial charge on any atom is 0.210 e. The summed E-state index contributed by atoms with van der Waals surface area (Å²) < 4.78 is 14.4. The van der Waals surface area contributed by atoms with Crippen LogP contribution in [0.4, 0.5) is 4.39 Å². The van der Waals surface area contributed by atoms with Crippen LogP contribution in [0.15, 0.2) is 53.7 Å². The zero-order valence-corrected chi connectivity index (χ0v) is 13.0. The monoisotopic (exact) mass is 334 g/mol. The van der Waals surface area contributed by atoms with Crippen molar-refractivity contribution >= 4 is 23.4 Å². The van der Waals surface area contributed by atoms with Gasteiger partial charge in [-0.2, -0.15) is 0 Å². The highest BCUT2D eigenvalue weighted by atomic mass is 35.5. The summed E-state index contributed by atoms with van der Waals surface area (Å²) in [5.74, 6) is 6.84. The van der Waals surface area contributed by atoms with E-state index in [9.17, 15) is 4.39 Å². The Morgan fingerprint density at radius 3 is 2.55 bits per heavy atom. The molecular weight excluding hydrogens is 323 g/mol. The van der Waals surface area contributed by atoms with Gasteiger partial charge in [0.2, 0.25) is 5.16 Å². The van der Waals surface area contributed by atoms with Crippen molar-refractivity contribution in [2.24, 2.45) is 0 Å². The number of hydrogen-bond acceptors (Lipinski definition) is 4. The van der Waals surface area contributed by atoms with Gasteiger partial charge in [-0.15, -0.1) is 10.2 Å². The molecule has 2 aromatic carbocycles. The maximum absolute atomic E-state index is 13.0. The molecule has 7 heteroatoms. The van der Waals surface area contributed by atoms with E-state index in [-0.39, 0.29) is 5.82 Å². The van der Waals surface area contributed by atoms with E-state index in [1.54, 1.807) is 12.1 Å². The summed E-state index contributed by atoms with van der Waals surface area (Å²) in [5, 5.41) is 9.41. The predicted molar refractivity (Wildman–Crippen MR) is 86.6 cm³/mol. The second kappa shape index (κ2) is 6.37. The fourth-order valence-electron chi connectivity index (χ4n) is 1.93. The average Bonchev–Trinajstić information content (AvgIpc) is 2.88. The lowest BCUT2D eigenvalue weighted by Crippen LogP contribution is -2.11. The van der Waals surface area contributed by atoms with Crippen molar-refractivity contribution in [2.45, 2.75) is 10.9 Å². The first-order valence-corrected chi connectivity index (χ1v) is 7.84. The molecule has 3 aromatic rings. The van der Waals surface area contributed by atoms with Crippen LogP contribution < -0.4 is 5.84 Å². The fraction of sp³-hybridized carbons (Fsp3) is 0.0667. The molecule has 0 aliphatic rings. The van der Waals surface area contributed by atoms with Crippen molar-refractivity contribution in [2.75, 3.05) is 5.84 Å². The molecule has 22 heavy (non-hydrogen) atoms. The first-order valence-electron chi connectivity index (χ1n) is 6.48. The molecule has 0 radical (unpaired) electrons. The number of halogens is 2. The highest BCUT2D eigenvalue weighted by Gasteiger charge is 2.12. The van der Waals surface area contributed by atoms with E-state index < -0.39 is 0 Å². The number of nitrogens with two attached hydrogens (primary N) is 1. The lowest BCUT2D eigenvalue weighted by atomic mass is 10.2. The average molecular weight is 335 g/mol. The quantitative estimate of drug-likeness (QED) is 0.583. The summed E-state index contributed by atoms with van der Waals surface area (Å²) in [6.45, 7) is 0. The van der Waals surface area contributed by atoms with E-state index in [1.807, 2.05) is 24.3 Å². The third kappa shape index (κ3) is 3.08. The molecule has 0 spiro atoms. The number of thioether (sulfide) groups is 1. The van der Waals surface area contributed by atoms with Crippen LogP contribution in [0.3, 0.4) is 0 Å². The van der Waals surface area contributed by atoms with Crippen LogP contribution in [-0.2, 0) is 5.75 Å². The Morgan fingerprint density at radius 1 is 1.09 bits per heavy atom. The van der Waals surface area contributed by atoms with Crippen molar-refractivity contribution in [3.05, 3.63) is 64.9 Å². The van der Waals surface area contributed by atoms with Gasteiger partial charge in [-0.1, -0.05) is 41.6 Å². The number of hydrogen-bond donors (Lipinski definition) is 1. The molecule has 0 aliphatic carbocycles. The minimum atomic E-state index is -0.305. The van der Waals surface area contributed by atoms with Gasteiger partial charge in [-0.05, 0) is 35.9 Å². The Morgan fingerprint density at radius 2 is 1.82 bits per heavy atom. The Bertz CT molecular complexity index is 788. The number of rotatable bonds is 4. The number of nitrogens with zero attached hydrogens (tertiary/aromatic N) is 3. The topological polar surface area (TPSA) is 56.7 Å². The van der Waals surface area contributed by atoms with E-state index >= 15 is 0 Å². The summed E-state index contributed by atoms with van der Waals surface area (Å²) in [7, 11) is 0. The molecule has 1 aromatic heterocycles. The van der Waals surface area contributed by atoms with Gasteiger partial charge in [0.1, 0.15) is 5.82 Å². The Hall–Kier alpha value is -2.05. The second-order valence-electron chi connectivity index (χ2n) is 4.56. The molecule has 0 atom stereocenters. The molecule has 4 nitrogen and oxygen atoms in total. The summed E-state index contributed by atoms with van der Waals surface area (Å²) in [6.07, 6.45) is 0. The molecule has 0 bridgehead atoms. The third-order valence-corrected chi connectivity index (χ3v) is 4.44. The zero-order chi connectivity index (χ0) is 15.5. The van der Waals surface area contributed by atoms with Crippen LogP contribution in [0.25, 0.3) is 11.4 Å². The van der Waals surface area contributed by atoms with Crippen LogP contribution in [0.1, 0.15) is 5.56 Å². The van der Waals surface area contributed by atoms with Gasteiger partial charge < -0.3 is 5.84 Å². The highest BCUT2D eigenvalue weighted by molar-refractivity contribution is 7.98. The zero-order valence-electron chi connectivity index (χ0n) is 11.4. The molecule has 0 saturated heterocycles. The van der Waals surface area contributed by atoms with Gasteiger partial charge in [0.15, 0.2) is 5.82 Å². The third-order valence-electron chi connectivity index (χ3n) is 3.08. The Balaban J connectivity index is 1.79. The van der Waals surface area contributed by atoms with Gasteiger partial charge in [0.25, 0.3) is 0 Å². The van der Waals surface area contributed by atoms with Crippen molar-refractivity contribution in [3.63, 3.8) is 0 Å². The first kappa shape index (κ1) is 14.9. The van der Waals surface area contributed by atoms with Gasteiger partial charge in [0.05, 0.1) is 0 Å². The van der Waals surface area contributed by atoms with Gasteiger partial charge in [-0.3, -0.25) is 0 Å². The van der Waals surface area contributed by atoms with E-state index in [1.165, 1.54) is 28.6 Å². The summed E-state index contributed by atoms with van der Waals surface area (Å²) in [5.41, 5.74) is 1.71. The molecular formula is C15H12ClFN4S. The molecule has 0 fully saturated rings. The standard InChI is InChI=1S/C15H12ClFN4S/c16-13-4-2-1-3-11(13)9-22-15-20-19-14(21(15)18)10-5-7-12(17)8-6-10/h1-8H,9,18H2. The molecule has 0 amide bonds. The molecule has 3 rings (SSSR count). The summed E-state index contributed by atoms with van der Waals surface area (Å²) in [6, 6.07) is 13.6.